The van der Waals surface area contributed by atoms with Gasteiger partial charge in [-0.15, -0.1) is 0 Å². The first kappa shape index (κ1) is 27.2. The maximum atomic E-state index is 13.1. The molecule has 0 radical (unpaired) electrons. The van der Waals surface area contributed by atoms with E-state index in [0.717, 1.165) is 16.2 Å². The van der Waals surface area contributed by atoms with E-state index in [4.69, 9.17) is 25.8 Å². The second-order valence-corrected chi connectivity index (χ2v) is 9.63. The lowest BCUT2D eigenvalue weighted by Crippen LogP contribution is -2.54. The SMILES string of the molecule is COc1cc(C=C2C(=O)NC(=O)N(c3ccc(Cl)cc3)C2=O)cc(Br)c1OCCCOc1cccc(C)c1. The molecule has 1 aliphatic rings. The number of nitrogens with one attached hydrogen (secondary N) is 1. The summed E-state index contributed by atoms with van der Waals surface area (Å²) in [6.45, 7) is 2.86. The molecular weight excluding hydrogens is 576 g/mol. The first-order valence-corrected chi connectivity index (χ1v) is 12.8. The van der Waals surface area contributed by atoms with Gasteiger partial charge in [0.15, 0.2) is 11.5 Å². The topological polar surface area (TPSA) is 94.2 Å². The molecule has 3 aromatic carbocycles. The number of rotatable bonds is 9. The molecule has 0 saturated carbocycles. The minimum absolute atomic E-state index is 0.213. The van der Waals surface area contributed by atoms with Crippen molar-refractivity contribution in [1.29, 1.82) is 0 Å². The first-order chi connectivity index (χ1) is 18.3. The standard InChI is InChI=1S/C28H24BrClN2O6/c1-17-5-3-6-21(13-17)37-11-4-12-38-25-23(29)15-18(16-24(25)36-2)14-22-26(33)31-28(35)32(27(22)34)20-9-7-19(30)8-10-20/h3,5-10,13-16H,4,11-12H2,1-2H3,(H,31,33,35). The molecule has 4 amide bonds. The molecule has 1 fully saturated rings. The number of halogens is 2. The first-order valence-electron chi connectivity index (χ1n) is 11.6. The highest BCUT2D eigenvalue weighted by Crippen LogP contribution is 2.37. The van der Waals surface area contributed by atoms with Gasteiger partial charge in [-0.05, 0) is 88.6 Å². The Morgan fingerprint density at radius 2 is 1.74 bits per heavy atom. The molecule has 0 unspecified atom stereocenters. The van der Waals surface area contributed by atoms with Crippen LogP contribution in [0.25, 0.3) is 6.08 Å². The maximum Gasteiger partial charge on any atom is 0.335 e. The molecule has 0 atom stereocenters. The zero-order valence-corrected chi connectivity index (χ0v) is 23.0. The third kappa shape index (κ3) is 6.35. The van der Waals surface area contributed by atoms with Crippen LogP contribution in [0.4, 0.5) is 10.5 Å². The molecule has 196 valence electrons. The summed E-state index contributed by atoms with van der Waals surface area (Å²) in [7, 11) is 1.49. The van der Waals surface area contributed by atoms with Crippen LogP contribution in [0.5, 0.6) is 17.2 Å². The Morgan fingerprint density at radius 3 is 2.45 bits per heavy atom. The number of nitrogens with zero attached hydrogens (tertiary/aromatic N) is 1. The van der Waals surface area contributed by atoms with Crippen molar-refractivity contribution < 1.29 is 28.6 Å². The lowest BCUT2D eigenvalue weighted by Gasteiger charge is -2.26. The number of imide groups is 2. The number of ether oxygens (including phenoxy) is 3. The van der Waals surface area contributed by atoms with Gasteiger partial charge in [-0.25, -0.2) is 9.69 Å². The lowest BCUT2D eigenvalue weighted by molar-refractivity contribution is -0.122. The van der Waals surface area contributed by atoms with Crippen LogP contribution in [0.3, 0.4) is 0 Å². The fourth-order valence-corrected chi connectivity index (χ4v) is 4.44. The number of methoxy groups -OCH3 is 1. The van der Waals surface area contributed by atoms with E-state index in [1.165, 1.54) is 25.3 Å². The fraction of sp³-hybridized carbons (Fsp3) is 0.179. The van der Waals surface area contributed by atoms with Crippen molar-refractivity contribution in [3.05, 3.63) is 86.9 Å². The molecule has 1 saturated heterocycles. The molecule has 1 heterocycles. The Bertz CT molecular complexity index is 1410. The van der Waals surface area contributed by atoms with Gasteiger partial charge in [0.1, 0.15) is 11.3 Å². The van der Waals surface area contributed by atoms with Crippen LogP contribution in [-0.2, 0) is 9.59 Å². The van der Waals surface area contributed by atoms with Crippen LogP contribution < -0.4 is 24.4 Å². The number of benzene rings is 3. The van der Waals surface area contributed by atoms with Crippen LogP contribution >= 0.6 is 27.5 Å². The minimum atomic E-state index is -0.839. The summed E-state index contributed by atoms with van der Waals surface area (Å²) < 4.78 is 17.7. The summed E-state index contributed by atoms with van der Waals surface area (Å²) >= 11 is 9.40. The molecule has 8 nitrogen and oxygen atoms in total. The molecule has 0 bridgehead atoms. The number of aryl methyl sites for hydroxylation is 1. The Labute approximate surface area is 233 Å². The second kappa shape index (κ2) is 12.1. The van der Waals surface area contributed by atoms with Crippen molar-refractivity contribution in [1.82, 2.24) is 5.32 Å². The van der Waals surface area contributed by atoms with Crippen LogP contribution in [0.15, 0.2) is 70.7 Å². The average Bonchev–Trinajstić information content (AvgIpc) is 2.88. The molecule has 38 heavy (non-hydrogen) atoms. The van der Waals surface area contributed by atoms with E-state index in [1.54, 1.807) is 24.3 Å². The van der Waals surface area contributed by atoms with Crippen molar-refractivity contribution in [2.75, 3.05) is 25.2 Å². The van der Waals surface area contributed by atoms with Gasteiger partial charge < -0.3 is 14.2 Å². The van der Waals surface area contributed by atoms with E-state index in [2.05, 4.69) is 21.2 Å². The highest BCUT2D eigenvalue weighted by atomic mass is 79.9. The predicted molar refractivity (Wildman–Crippen MR) is 148 cm³/mol. The Balaban J connectivity index is 1.48. The van der Waals surface area contributed by atoms with Gasteiger partial charge in [-0.3, -0.25) is 14.9 Å². The van der Waals surface area contributed by atoms with Crippen LogP contribution in [-0.4, -0.2) is 38.2 Å². The molecule has 1 N–H and O–H groups in total. The van der Waals surface area contributed by atoms with E-state index in [0.29, 0.717) is 46.2 Å². The predicted octanol–water partition coefficient (Wildman–Crippen LogP) is 5.93. The summed E-state index contributed by atoms with van der Waals surface area (Å²) in [5.74, 6) is 0.126. The largest absolute Gasteiger partial charge is 0.493 e. The molecule has 0 aliphatic carbocycles. The number of carbonyl (C=O) groups is 3. The van der Waals surface area contributed by atoms with Crippen LogP contribution in [0.1, 0.15) is 17.5 Å². The van der Waals surface area contributed by atoms with Gasteiger partial charge in [0, 0.05) is 11.4 Å². The molecular formula is C28H24BrClN2O6. The van der Waals surface area contributed by atoms with E-state index in [9.17, 15) is 14.4 Å². The second-order valence-electron chi connectivity index (χ2n) is 8.34. The average molecular weight is 600 g/mol. The highest BCUT2D eigenvalue weighted by molar-refractivity contribution is 9.10. The van der Waals surface area contributed by atoms with Gasteiger partial charge >= 0.3 is 6.03 Å². The highest BCUT2D eigenvalue weighted by Gasteiger charge is 2.36. The van der Waals surface area contributed by atoms with Crippen LogP contribution in [0.2, 0.25) is 5.02 Å². The Kier molecular flexibility index (Phi) is 8.70. The smallest absolute Gasteiger partial charge is 0.335 e. The number of amides is 4. The Hall–Kier alpha value is -3.82. The van der Waals surface area contributed by atoms with Gasteiger partial charge in [-0.1, -0.05) is 23.7 Å². The normalized spacial score (nSPS) is 14.5. The molecule has 0 aromatic heterocycles. The van der Waals surface area contributed by atoms with Gasteiger partial charge in [0.2, 0.25) is 0 Å². The molecule has 3 aromatic rings. The maximum absolute atomic E-state index is 13.1. The fourth-order valence-electron chi connectivity index (χ4n) is 3.74. The van der Waals surface area contributed by atoms with Crippen molar-refractivity contribution in [2.45, 2.75) is 13.3 Å². The van der Waals surface area contributed by atoms with E-state index < -0.39 is 17.8 Å². The summed E-state index contributed by atoms with van der Waals surface area (Å²) in [6, 6.07) is 16.4. The molecule has 4 rings (SSSR count). The van der Waals surface area contributed by atoms with Crippen molar-refractivity contribution in [2.24, 2.45) is 0 Å². The van der Waals surface area contributed by atoms with Crippen molar-refractivity contribution in [3.63, 3.8) is 0 Å². The number of carbonyl (C=O) groups excluding carboxylic acids is 3. The molecule has 1 aliphatic heterocycles. The number of urea groups is 1. The zero-order valence-electron chi connectivity index (χ0n) is 20.6. The molecule has 10 heteroatoms. The van der Waals surface area contributed by atoms with Gasteiger partial charge in [0.05, 0.1) is 30.5 Å². The third-order valence-electron chi connectivity index (χ3n) is 5.54. The third-order valence-corrected chi connectivity index (χ3v) is 6.38. The summed E-state index contributed by atoms with van der Waals surface area (Å²) in [4.78, 5) is 38.9. The number of hydrogen-bond acceptors (Lipinski definition) is 6. The van der Waals surface area contributed by atoms with E-state index in [-0.39, 0.29) is 11.3 Å². The monoisotopic (exact) mass is 598 g/mol. The number of hydrogen-bond donors (Lipinski definition) is 1. The van der Waals surface area contributed by atoms with Crippen molar-refractivity contribution >= 4 is 57.1 Å². The Morgan fingerprint density at radius 1 is 1.00 bits per heavy atom. The van der Waals surface area contributed by atoms with Gasteiger partial charge in [0.25, 0.3) is 11.8 Å². The summed E-state index contributed by atoms with van der Waals surface area (Å²) in [5.41, 5.74) is 1.69. The quantitative estimate of drug-likeness (QED) is 0.186. The number of anilines is 1. The lowest BCUT2D eigenvalue weighted by atomic mass is 10.1. The van der Waals surface area contributed by atoms with Crippen LogP contribution in [0, 0.1) is 6.92 Å². The zero-order chi connectivity index (χ0) is 27.2. The summed E-state index contributed by atoms with van der Waals surface area (Å²) in [5, 5.41) is 2.65. The minimum Gasteiger partial charge on any atom is -0.493 e. The molecule has 0 spiro atoms. The number of barbiturate groups is 1. The summed E-state index contributed by atoms with van der Waals surface area (Å²) in [6.07, 6.45) is 2.03. The van der Waals surface area contributed by atoms with E-state index in [1.807, 2.05) is 31.2 Å². The van der Waals surface area contributed by atoms with E-state index >= 15 is 0 Å². The van der Waals surface area contributed by atoms with Gasteiger partial charge in [-0.2, -0.15) is 0 Å². The van der Waals surface area contributed by atoms with Crippen molar-refractivity contribution in [3.8, 4) is 17.2 Å².